The van der Waals surface area contributed by atoms with E-state index in [0.717, 1.165) is 25.9 Å². The molecular weight excluding hydrogens is 254 g/mol. The molecule has 1 fully saturated rings. The Morgan fingerprint density at radius 1 is 1.35 bits per heavy atom. The van der Waals surface area contributed by atoms with E-state index in [1.807, 2.05) is 18.7 Å². The van der Waals surface area contributed by atoms with Gasteiger partial charge in [-0.15, -0.1) is 0 Å². The molecule has 0 aromatic rings. The molecule has 1 aliphatic rings. The van der Waals surface area contributed by atoms with Crippen LogP contribution in [0.15, 0.2) is 5.16 Å². The van der Waals surface area contributed by atoms with Crippen molar-refractivity contribution in [3.05, 3.63) is 0 Å². The predicted molar refractivity (Wildman–Crippen MR) is 80.6 cm³/mol. The molecule has 5 nitrogen and oxygen atoms in total. The smallest absolute Gasteiger partial charge is 0.236 e. The number of carbonyl (C=O) groups excluding carboxylic acids is 1. The first-order valence-corrected chi connectivity index (χ1v) is 7.70. The third-order valence-corrected chi connectivity index (χ3v) is 4.98. The summed E-state index contributed by atoms with van der Waals surface area (Å²) in [5.41, 5.74) is 4.96. The Kier molecular flexibility index (Phi) is 5.84. The minimum Gasteiger partial charge on any atom is -0.409 e. The van der Waals surface area contributed by atoms with Crippen LogP contribution in [-0.2, 0) is 4.79 Å². The third kappa shape index (κ3) is 3.07. The van der Waals surface area contributed by atoms with Crippen molar-refractivity contribution in [2.45, 2.75) is 53.4 Å². The van der Waals surface area contributed by atoms with Gasteiger partial charge in [0, 0.05) is 13.1 Å². The first-order valence-electron chi connectivity index (χ1n) is 7.70. The molecule has 0 saturated carbocycles. The summed E-state index contributed by atoms with van der Waals surface area (Å²) in [6, 6.07) is 0. The molecule has 1 rings (SSSR count). The monoisotopic (exact) mass is 283 g/mol. The van der Waals surface area contributed by atoms with Gasteiger partial charge in [-0.05, 0) is 37.5 Å². The Balaban J connectivity index is 2.83. The summed E-state index contributed by atoms with van der Waals surface area (Å²) in [7, 11) is 0. The summed E-state index contributed by atoms with van der Waals surface area (Å²) < 4.78 is 0. The van der Waals surface area contributed by atoms with Crippen LogP contribution >= 0.6 is 0 Å². The van der Waals surface area contributed by atoms with Crippen molar-refractivity contribution in [3.63, 3.8) is 0 Å². The molecule has 0 unspecified atom stereocenters. The maximum Gasteiger partial charge on any atom is 0.236 e. The number of nitrogens with two attached hydrogens (primary N) is 1. The normalized spacial score (nSPS) is 18.6. The number of amides is 1. The van der Waals surface area contributed by atoms with E-state index in [1.54, 1.807) is 0 Å². The molecule has 0 aliphatic carbocycles. The van der Waals surface area contributed by atoms with Crippen LogP contribution in [0, 0.1) is 17.3 Å². The molecule has 116 valence electrons. The van der Waals surface area contributed by atoms with Gasteiger partial charge in [-0.1, -0.05) is 32.9 Å². The van der Waals surface area contributed by atoms with Crippen LogP contribution in [0.2, 0.25) is 0 Å². The molecule has 0 radical (unpaired) electrons. The fourth-order valence-electron chi connectivity index (χ4n) is 3.19. The van der Waals surface area contributed by atoms with Crippen LogP contribution < -0.4 is 5.73 Å². The molecule has 0 aromatic carbocycles. The minimum atomic E-state index is -0.848. The van der Waals surface area contributed by atoms with E-state index in [0.29, 0.717) is 24.7 Å². The summed E-state index contributed by atoms with van der Waals surface area (Å²) in [5.74, 6) is 1.41. The van der Waals surface area contributed by atoms with Crippen LogP contribution in [0.25, 0.3) is 0 Å². The van der Waals surface area contributed by atoms with Crippen molar-refractivity contribution in [1.82, 2.24) is 4.90 Å². The Hall–Kier alpha value is -1.26. The van der Waals surface area contributed by atoms with Gasteiger partial charge in [0.25, 0.3) is 0 Å². The lowest BCUT2D eigenvalue weighted by molar-refractivity contribution is -0.140. The Morgan fingerprint density at radius 2 is 1.85 bits per heavy atom. The first-order chi connectivity index (χ1) is 9.42. The summed E-state index contributed by atoms with van der Waals surface area (Å²) in [5, 5.41) is 12.1. The Bertz CT molecular complexity index is 354. The van der Waals surface area contributed by atoms with Crippen molar-refractivity contribution < 1.29 is 10.0 Å². The average molecular weight is 283 g/mol. The highest BCUT2D eigenvalue weighted by Crippen LogP contribution is 2.32. The lowest BCUT2D eigenvalue weighted by atomic mass is 9.78. The van der Waals surface area contributed by atoms with Gasteiger partial charge in [-0.2, -0.15) is 0 Å². The summed E-state index contributed by atoms with van der Waals surface area (Å²) in [6.45, 7) is 9.87. The van der Waals surface area contributed by atoms with Crippen LogP contribution in [0.3, 0.4) is 0 Å². The molecular formula is C15H29N3O2. The number of likely N-dealkylation sites (tertiary alicyclic amines) is 1. The number of rotatable bonds is 5. The SMILES string of the molecule is CCC(CC)(C(=O)N1CCC(C(C)C)CC1)C(N)=NO. The molecule has 0 spiro atoms. The number of oxime groups is 1. The molecule has 1 aliphatic heterocycles. The van der Waals surface area contributed by atoms with E-state index in [2.05, 4.69) is 19.0 Å². The van der Waals surface area contributed by atoms with Gasteiger partial charge in [0.1, 0.15) is 5.41 Å². The predicted octanol–water partition coefficient (Wildman–Crippen LogP) is 2.43. The second-order valence-electron chi connectivity index (χ2n) is 6.15. The average Bonchev–Trinajstić information content (AvgIpc) is 2.48. The van der Waals surface area contributed by atoms with E-state index in [-0.39, 0.29) is 11.7 Å². The van der Waals surface area contributed by atoms with Gasteiger partial charge < -0.3 is 15.8 Å². The van der Waals surface area contributed by atoms with Gasteiger partial charge in [-0.25, -0.2) is 0 Å². The van der Waals surface area contributed by atoms with Crippen LogP contribution in [0.1, 0.15) is 53.4 Å². The maximum atomic E-state index is 12.8. The van der Waals surface area contributed by atoms with Crippen molar-refractivity contribution >= 4 is 11.7 Å². The summed E-state index contributed by atoms with van der Waals surface area (Å²) in [6.07, 6.45) is 3.21. The van der Waals surface area contributed by atoms with E-state index in [4.69, 9.17) is 10.9 Å². The zero-order valence-electron chi connectivity index (χ0n) is 13.2. The highest BCUT2D eigenvalue weighted by molar-refractivity contribution is 6.06. The van der Waals surface area contributed by atoms with Gasteiger partial charge in [0.15, 0.2) is 5.84 Å². The molecule has 1 saturated heterocycles. The molecule has 5 heteroatoms. The van der Waals surface area contributed by atoms with Crippen LogP contribution in [-0.4, -0.2) is 34.9 Å². The van der Waals surface area contributed by atoms with Crippen molar-refractivity contribution in [2.75, 3.05) is 13.1 Å². The molecule has 0 atom stereocenters. The molecule has 0 aromatic heterocycles. The number of hydrogen-bond acceptors (Lipinski definition) is 3. The fourth-order valence-corrected chi connectivity index (χ4v) is 3.19. The number of amidine groups is 1. The fraction of sp³-hybridized carbons (Fsp3) is 0.867. The molecule has 20 heavy (non-hydrogen) atoms. The quantitative estimate of drug-likeness (QED) is 0.352. The minimum absolute atomic E-state index is 0.0139. The number of carbonyl (C=O) groups is 1. The number of piperidine rings is 1. The largest absolute Gasteiger partial charge is 0.409 e. The number of nitrogens with zero attached hydrogens (tertiary/aromatic N) is 2. The third-order valence-electron chi connectivity index (χ3n) is 4.98. The second kappa shape index (κ2) is 6.95. The van der Waals surface area contributed by atoms with Crippen LogP contribution in [0.4, 0.5) is 0 Å². The summed E-state index contributed by atoms with van der Waals surface area (Å²) in [4.78, 5) is 14.7. The molecule has 1 heterocycles. The molecule has 3 N–H and O–H groups in total. The summed E-state index contributed by atoms with van der Waals surface area (Å²) >= 11 is 0. The van der Waals surface area contributed by atoms with E-state index < -0.39 is 5.41 Å². The van der Waals surface area contributed by atoms with E-state index in [9.17, 15) is 4.79 Å². The lowest BCUT2D eigenvalue weighted by Gasteiger charge is -2.39. The molecule has 1 amide bonds. The lowest BCUT2D eigenvalue weighted by Crippen LogP contribution is -2.53. The van der Waals surface area contributed by atoms with E-state index >= 15 is 0 Å². The zero-order chi connectivity index (χ0) is 15.3. The van der Waals surface area contributed by atoms with Crippen molar-refractivity contribution in [2.24, 2.45) is 28.1 Å². The van der Waals surface area contributed by atoms with Gasteiger partial charge in [0.2, 0.25) is 5.91 Å². The highest BCUT2D eigenvalue weighted by Gasteiger charge is 2.43. The second-order valence-corrected chi connectivity index (χ2v) is 6.15. The topological polar surface area (TPSA) is 78.9 Å². The maximum absolute atomic E-state index is 12.8. The van der Waals surface area contributed by atoms with Gasteiger partial charge >= 0.3 is 0 Å². The van der Waals surface area contributed by atoms with Crippen molar-refractivity contribution in [3.8, 4) is 0 Å². The number of hydrogen-bond donors (Lipinski definition) is 2. The standard InChI is InChI=1S/C15H29N3O2/c1-5-15(6-2,13(16)17-20)14(19)18-9-7-12(8-10-18)11(3)4/h11-12,20H,5-10H2,1-4H3,(H2,16,17). The first kappa shape index (κ1) is 16.8. The van der Waals surface area contributed by atoms with E-state index in [1.165, 1.54) is 0 Å². The zero-order valence-corrected chi connectivity index (χ0v) is 13.2. The van der Waals surface area contributed by atoms with Crippen LogP contribution in [0.5, 0.6) is 0 Å². The Labute approximate surface area is 122 Å². The molecule has 0 bridgehead atoms. The van der Waals surface area contributed by atoms with Gasteiger partial charge in [-0.3, -0.25) is 4.79 Å². The van der Waals surface area contributed by atoms with Crippen molar-refractivity contribution in [1.29, 1.82) is 0 Å². The highest BCUT2D eigenvalue weighted by atomic mass is 16.4. The Morgan fingerprint density at radius 3 is 2.20 bits per heavy atom. The van der Waals surface area contributed by atoms with Gasteiger partial charge in [0.05, 0.1) is 0 Å².